The normalized spacial score (nSPS) is 18.8. The Hall–Kier alpha value is -1.46. The molecule has 2 fully saturated rings. The lowest BCUT2D eigenvalue weighted by Gasteiger charge is -2.41. The number of nitrogens with one attached hydrogen (secondary N) is 1. The zero-order chi connectivity index (χ0) is 18.7. The van der Waals surface area contributed by atoms with E-state index in [2.05, 4.69) is 5.32 Å². The van der Waals surface area contributed by atoms with Crippen molar-refractivity contribution in [1.82, 2.24) is 9.80 Å². The molecule has 0 bridgehead atoms. The van der Waals surface area contributed by atoms with Gasteiger partial charge in [0.1, 0.15) is 0 Å². The molecule has 0 radical (unpaired) electrons. The highest BCUT2D eigenvalue weighted by molar-refractivity contribution is 6.42. The van der Waals surface area contributed by atoms with Gasteiger partial charge in [0.15, 0.2) is 0 Å². The molecule has 26 heavy (non-hydrogen) atoms. The predicted octanol–water partition coefficient (Wildman–Crippen LogP) is 4.78. The van der Waals surface area contributed by atoms with Gasteiger partial charge in [0.25, 0.3) is 0 Å². The molecule has 2 aliphatic rings. The van der Waals surface area contributed by atoms with Crippen molar-refractivity contribution in [3.63, 3.8) is 0 Å². The Labute approximate surface area is 164 Å². The van der Waals surface area contributed by atoms with E-state index in [0.717, 1.165) is 38.5 Å². The second-order valence-electron chi connectivity index (χ2n) is 7.14. The number of anilines is 1. The van der Waals surface area contributed by atoms with Gasteiger partial charge in [-0.2, -0.15) is 0 Å². The number of carbonyl (C=O) groups excluding carboxylic acids is 2. The molecule has 1 heterocycles. The van der Waals surface area contributed by atoms with Crippen molar-refractivity contribution in [3.8, 4) is 0 Å². The largest absolute Gasteiger partial charge is 0.343 e. The maximum Gasteiger partial charge on any atom is 0.322 e. The number of carbonyl (C=O) groups is 2. The van der Waals surface area contributed by atoms with Crippen molar-refractivity contribution in [3.05, 3.63) is 28.2 Å². The first-order chi connectivity index (χ1) is 12.5. The van der Waals surface area contributed by atoms with Crippen LogP contribution < -0.4 is 5.32 Å². The minimum Gasteiger partial charge on any atom is -0.343 e. The molecule has 5 nitrogen and oxygen atoms in total. The van der Waals surface area contributed by atoms with E-state index in [1.807, 2.05) is 9.80 Å². The highest BCUT2D eigenvalue weighted by Crippen LogP contribution is 2.30. The van der Waals surface area contributed by atoms with Crippen LogP contribution in [-0.2, 0) is 4.79 Å². The highest BCUT2D eigenvalue weighted by Gasteiger charge is 2.35. The summed E-state index contributed by atoms with van der Waals surface area (Å²) < 4.78 is 0. The zero-order valence-electron chi connectivity index (χ0n) is 15.0. The van der Waals surface area contributed by atoms with Crippen molar-refractivity contribution in [2.45, 2.75) is 57.5 Å². The van der Waals surface area contributed by atoms with Crippen LogP contribution in [0.15, 0.2) is 18.2 Å². The molecule has 3 rings (SSSR count). The van der Waals surface area contributed by atoms with Crippen LogP contribution in [0.2, 0.25) is 10.0 Å². The lowest BCUT2D eigenvalue weighted by molar-refractivity contribution is -0.130. The van der Waals surface area contributed by atoms with Crippen LogP contribution >= 0.6 is 23.2 Å². The summed E-state index contributed by atoms with van der Waals surface area (Å²) >= 11 is 12.0. The second kappa shape index (κ2) is 8.49. The molecule has 1 N–H and O–H groups in total. The average molecular weight is 398 g/mol. The summed E-state index contributed by atoms with van der Waals surface area (Å²) in [6.45, 7) is 3.03. The summed E-state index contributed by atoms with van der Waals surface area (Å²) in [6.07, 6.45) is 6.06. The molecular weight excluding hydrogens is 373 g/mol. The van der Waals surface area contributed by atoms with Crippen LogP contribution in [0.3, 0.4) is 0 Å². The van der Waals surface area contributed by atoms with E-state index in [4.69, 9.17) is 23.2 Å². The van der Waals surface area contributed by atoms with Gasteiger partial charge in [0, 0.05) is 37.8 Å². The number of halogens is 2. The maximum absolute atomic E-state index is 13.1. The van der Waals surface area contributed by atoms with E-state index >= 15 is 0 Å². The van der Waals surface area contributed by atoms with Gasteiger partial charge in [-0.25, -0.2) is 4.79 Å². The topological polar surface area (TPSA) is 52.7 Å². The quantitative estimate of drug-likeness (QED) is 0.797. The van der Waals surface area contributed by atoms with Crippen molar-refractivity contribution in [2.24, 2.45) is 0 Å². The lowest BCUT2D eigenvalue weighted by atomic mass is 10.0. The Morgan fingerprint density at radius 3 is 2.23 bits per heavy atom. The molecule has 7 heteroatoms. The number of rotatable bonds is 3. The number of amides is 3. The highest BCUT2D eigenvalue weighted by atomic mass is 35.5. The van der Waals surface area contributed by atoms with Crippen molar-refractivity contribution >= 4 is 40.8 Å². The van der Waals surface area contributed by atoms with Gasteiger partial charge in [-0.15, -0.1) is 0 Å². The summed E-state index contributed by atoms with van der Waals surface area (Å²) in [5.41, 5.74) is 0.647. The summed E-state index contributed by atoms with van der Waals surface area (Å²) in [7, 11) is 0. The fraction of sp³-hybridized carbons (Fsp3) is 0.579. The van der Waals surface area contributed by atoms with Gasteiger partial charge >= 0.3 is 6.03 Å². The maximum atomic E-state index is 13.1. The van der Waals surface area contributed by atoms with Crippen LogP contribution in [0, 0.1) is 0 Å². The number of hydrogen-bond acceptors (Lipinski definition) is 2. The third-order valence-corrected chi connectivity index (χ3v) is 6.17. The zero-order valence-corrected chi connectivity index (χ0v) is 16.5. The molecule has 3 amide bonds. The van der Waals surface area contributed by atoms with Gasteiger partial charge in [-0.1, -0.05) is 36.0 Å². The molecule has 1 aliphatic carbocycles. The Morgan fingerprint density at radius 1 is 1.04 bits per heavy atom. The molecule has 142 valence electrons. The summed E-state index contributed by atoms with van der Waals surface area (Å²) in [6, 6.07) is 5.47. The molecule has 1 saturated heterocycles. The lowest BCUT2D eigenvalue weighted by Crippen LogP contribution is -2.53. The number of piperidine rings is 1. The van der Waals surface area contributed by atoms with E-state index in [1.54, 1.807) is 25.1 Å². The Bertz CT molecular complexity index is 669. The molecule has 1 aromatic carbocycles. The third kappa shape index (κ3) is 4.44. The van der Waals surface area contributed by atoms with E-state index in [-0.39, 0.29) is 24.0 Å². The van der Waals surface area contributed by atoms with Crippen LogP contribution in [0.25, 0.3) is 0 Å². The number of likely N-dealkylation sites (tertiary alicyclic amines) is 1. The first-order valence-corrected chi connectivity index (χ1v) is 10.0. The summed E-state index contributed by atoms with van der Waals surface area (Å²) in [5, 5.41) is 3.87. The Balaban J connectivity index is 1.72. The van der Waals surface area contributed by atoms with Gasteiger partial charge in [0.05, 0.1) is 10.0 Å². The van der Waals surface area contributed by atoms with Gasteiger partial charge in [-0.3, -0.25) is 4.79 Å². The number of nitrogens with zero attached hydrogens (tertiary/aromatic N) is 2. The van der Waals surface area contributed by atoms with E-state index in [1.165, 1.54) is 0 Å². The van der Waals surface area contributed by atoms with Gasteiger partial charge in [0.2, 0.25) is 5.91 Å². The van der Waals surface area contributed by atoms with Crippen LogP contribution in [0.5, 0.6) is 0 Å². The minimum absolute atomic E-state index is 0.0865. The first kappa shape index (κ1) is 19.3. The van der Waals surface area contributed by atoms with E-state index in [0.29, 0.717) is 28.8 Å². The second-order valence-corrected chi connectivity index (χ2v) is 7.96. The molecular formula is C19H25Cl2N3O2. The van der Waals surface area contributed by atoms with Crippen molar-refractivity contribution in [1.29, 1.82) is 0 Å². The van der Waals surface area contributed by atoms with Crippen molar-refractivity contribution in [2.75, 3.05) is 18.4 Å². The summed E-state index contributed by atoms with van der Waals surface area (Å²) in [5.74, 6) is 0.108. The monoisotopic (exact) mass is 397 g/mol. The van der Waals surface area contributed by atoms with E-state index in [9.17, 15) is 9.59 Å². The SMILES string of the molecule is CC(=O)N1CCC(N(C(=O)Nc2ccc(Cl)c(Cl)c2)C2CCCC2)CC1. The van der Waals surface area contributed by atoms with E-state index < -0.39 is 0 Å². The van der Waals surface area contributed by atoms with Crippen LogP contribution in [0.1, 0.15) is 45.4 Å². The van der Waals surface area contributed by atoms with Crippen LogP contribution in [-0.4, -0.2) is 46.9 Å². The molecule has 0 unspecified atom stereocenters. The molecule has 1 aromatic rings. The minimum atomic E-state index is -0.0865. The molecule has 1 aliphatic heterocycles. The first-order valence-electron chi connectivity index (χ1n) is 9.25. The molecule has 1 saturated carbocycles. The number of benzene rings is 1. The molecule has 0 spiro atoms. The number of hydrogen-bond donors (Lipinski definition) is 1. The fourth-order valence-electron chi connectivity index (χ4n) is 4.03. The van der Waals surface area contributed by atoms with Crippen LogP contribution in [0.4, 0.5) is 10.5 Å². The standard InChI is InChI=1S/C19H25Cl2N3O2/c1-13(25)23-10-8-16(9-11-23)24(15-4-2-3-5-15)19(26)22-14-6-7-17(20)18(21)12-14/h6-7,12,15-16H,2-5,8-11H2,1H3,(H,22,26). The van der Waals surface area contributed by atoms with Crippen molar-refractivity contribution < 1.29 is 9.59 Å². The third-order valence-electron chi connectivity index (χ3n) is 5.43. The molecule has 0 aromatic heterocycles. The Morgan fingerprint density at radius 2 is 1.65 bits per heavy atom. The smallest absolute Gasteiger partial charge is 0.322 e. The molecule has 0 atom stereocenters. The fourth-order valence-corrected chi connectivity index (χ4v) is 4.33. The average Bonchev–Trinajstić information content (AvgIpc) is 3.13. The number of urea groups is 1. The predicted molar refractivity (Wildman–Crippen MR) is 105 cm³/mol. The summed E-state index contributed by atoms with van der Waals surface area (Å²) in [4.78, 5) is 28.5. The van der Waals surface area contributed by atoms with Gasteiger partial charge < -0.3 is 15.1 Å². The Kier molecular flexibility index (Phi) is 6.30. The van der Waals surface area contributed by atoms with Gasteiger partial charge in [-0.05, 0) is 43.9 Å².